The van der Waals surface area contributed by atoms with Crippen molar-refractivity contribution in [3.05, 3.63) is 160 Å². The van der Waals surface area contributed by atoms with Crippen molar-refractivity contribution in [2.24, 2.45) is 0 Å². The fourth-order valence-electron chi connectivity index (χ4n) is 13.3. The molecule has 11 rings (SSSR count). The van der Waals surface area contributed by atoms with Crippen LogP contribution in [0.3, 0.4) is 0 Å². The monoisotopic (exact) mass is 897 g/mol. The molecule has 0 fully saturated rings. The van der Waals surface area contributed by atoms with Gasteiger partial charge in [-0.05, 0) is 194 Å². The Kier molecular flexibility index (Phi) is 9.77. The maximum atomic E-state index is 7.71. The van der Waals surface area contributed by atoms with E-state index in [9.17, 15) is 0 Å². The Morgan fingerprint density at radius 3 is 1.72 bits per heavy atom. The topological polar surface area (TPSA) is 19.6 Å². The van der Waals surface area contributed by atoms with Crippen LogP contribution < -0.4 is 26.4 Å². The second-order valence-electron chi connectivity index (χ2n) is 25.5. The minimum atomic E-state index is -0.135. The van der Waals surface area contributed by atoms with Gasteiger partial charge in [0.25, 0.3) is 6.71 Å². The molecule has 1 aromatic heterocycles. The molecule has 0 N–H and O–H groups in total. The van der Waals surface area contributed by atoms with Crippen LogP contribution in [-0.2, 0) is 32.5 Å². The van der Waals surface area contributed by atoms with Crippen LogP contribution in [0.25, 0.3) is 16.5 Å². The first-order chi connectivity index (χ1) is 32.0. The summed E-state index contributed by atoms with van der Waals surface area (Å²) in [5, 5.41) is 1.22. The molecule has 4 heteroatoms. The molecule has 3 aliphatic carbocycles. The number of aryl methyl sites for hydroxylation is 1. The van der Waals surface area contributed by atoms with Crippen molar-refractivity contribution in [2.45, 2.75) is 168 Å². The van der Waals surface area contributed by atoms with Gasteiger partial charge >= 0.3 is 0 Å². The van der Waals surface area contributed by atoms with Crippen molar-refractivity contribution in [1.82, 2.24) is 0 Å². The molecule has 2 aliphatic heterocycles. The summed E-state index contributed by atoms with van der Waals surface area (Å²) in [6, 6.07) is 33.6. The quantitative estimate of drug-likeness (QED) is 0.127. The number of allylic oxidation sites excluding steroid dienone is 4. The molecule has 3 heterocycles. The maximum absolute atomic E-state index is 7.71. The van der Waals surface area contributed by atoms with Crippen molar-refractivity contribution in [2.75, 3.05) is 9.80 Å². The summed E-state index contributed by atoms with van der Waals surface area (Å²) in [5.74, 6) is 0. The van der Waals surface area contributed by atoms with Gasteiger partial charge in [0.1, 0.15) is 5.58 Å². The third-order valence-corrected chi connectivity index (χ3v) is 18.1. The molecule has 0 saturated heterocycles. The number of fused-ring (bicyclic) bond motifs is 9. The Morgan fingerprint density at radius 1 is 0.588 bits per heavy atom. The van der Waals surface area contributed by atoms with Crippen LogP contribution in [0, 0.1) is 6.92 Å². The lowest BCUT2D eigenvalue weighted by Crippen LogP contribution is -2.61. The molecule has 0 spiro atoms. The summed E-state index contributed by atoms with van der Waals surface area (Å²) in [7, 11) is 0. The Labute approximate surface area is 408 Å². The van der Waals surface area contributed by atoms with Crippen molar-refractivity contribution in [3.8, 4) is 0 Å². The summed E-state index contributed by atoms with van der Waals surface area (Å²) >= 11 is 0. The van der Waals surface area contributed by atoms with Gasteiger partial charge in [-0.2, -0.15) is 0 Å². The van der Waals surface area contributed by atoms with E-state index in [1.165, 1.54) is 101 Å². The number of nitrogens with zero attached hydrogens (tertiary/aromatic N) is 2. The predicted octanol–water partition coefficient (Wildman–Crippen LogP) is 15.7. The second-order valence-corrected chi connectivity index (χ2v) is 25.5. The number of furan rings is 1. The Hall–Kier alpha value is -5.48. The van der Waals surface area contributed by atoms with Crippen LogP contribution in [0.4, 0.5) is 28.4 Å². The summed E-state index contributed by atoms with van der Waals surface area (Å²) < 4.78 is 7.71. The SMILES string of the molecule is C=C/C=C\C(=C(/C)c1ccccc1)N1c2cc3c(cc2B2c4oc5cc6c(cc5c4N(c4ccc5c(c4)C(C)(C)CCC5(C)C)c4cc(C)cc1c42)C(C)(C)CCC6(C)C)C(C)(C)CCC3(C)C. The van der Waals surface area contributed by atoms with E-state index in [4.69, 9.17) is 4.42 Å². The van der Waals surface area contributed by atoms with E-state index in [0.717, 1.165) is 49.0 Å². The normalized spacial score (nSPS) is 21.0. The third-order valence-electron chi connectivity index (χ3n) is 18.1. The summed E-state index contributed by atoms with van der Waals surface area (Å²) in [5.41, 5.74) is 24.6. The van der Waals surface area contributed by atoms with Crippen molar-refractivity contribution >= 4 is 68.3 Å². The van der Waals surface area contributed by atoms with Gasteiger partial charge in [0.05, 0.1) is 11.3 Å². The van der Waals surface area contributed by atoms with E-state index < -0.39 is 0 Å². The Balaban J connectivity index is 1.30. The summed E-state index contributed by atoms with van der Waals surface area (Å²) in [6.07, 6.45) is 13.3. The average Bonchev–Trinajstić information content (AvgIpc) is 3.66. The van der Waals surface area contributed by atoms with Crippen molar-refractivity contribution < 1.29 is 4.42 Å². The molecular formula is C64H73BN2O. The van der Waals surface area contributed by atoms with Gasteiger partial charge < -0.3 is 14.2 Å². The first-order valence-corrected chi connectivity index (χ1v) is 25.7. The van der Waals surface area contributed by atoms with Gasteiger partial charge in [0.15, 0.2) is 0 Å². The lowest BCUT2D eigenvalue weighted by Gasteiger charge is -2.47. The molecule has 348 valence electrons. The Bertz CT molecular complexity index is 3180. The lowest BCUT2D eigenvalue weighted by atomic mass is 9.35. The first-order valence-electron chi connectivity index (χ1n) is 25.7. The number of hydrogen-bond acceptors (Lipinski definition) is 3. The van der Waals surface area contributed by atoms with Crippen LogP contribution in [0.1, 0.15) is 173 Å². The molecular weight excluding hydrogens is 824 g/mol. The largest absolute Gasteiger partial charge is 0.468 e. The first kappa shape index (κ1) is 45.0. The van der Waals surface area contributed by atoms with Crippen LogP contribution in [0.2, 0.25) is 0 Å². The van der Waals surface area contributed by atoms with Crippen molar-refractivity contribution in [1.29, 1.82) is 0 Å². The molecule has 0 radical (unpaired) electrons. The van der Waals surface area contributed by atoms with Gasteiger partial charge in [-0.25, -0.2) is 0 Å². The third kappa shape index (κ3) is 6.58. The number of benzene rings is 5. The van der Waals surface area contributed by atoms with E-state index in [1.807, 2.05) is 6.08 Å². The minimum Gasteiger partial charge on any atom is -0.468 e. The van der Waals surface area contributed by atoms with Gasteiger partial charge in [0.2, 0.25) is 0 Å². The Morgan fingerprint density at radius 2 is 1.12 bits per heavy atom. The molecule has 6 aromatic rings. The summed E-state index contributed by atoms with van der Waals surface area (Å²) in [6.45, 7) is 38.1. The summed E-state index contributed by atoms with van der Waals surface area (Å²) in [4.78, 5) is 5.25. The fourth-order valence-corrected chi connectivity index (χ4v) is 13.3. The zero-order chi connectivity index (χ0) is 48.2. The molecule has 0 saturated carbocycles. The maximum Gasteiger partial charge on any atom is 0.297 e. The van der Waals surface area contributed by atoms with Crippen LogP contribution >= 0.6 is 0 Å². The molecule has 0 unspecified atom stereocenters. The number of anilines is 5. The molecule has 0 amide bonds. The van der Waals surface area contributed by atoms with Crippen LogP contribution in [-0.4, -0.2) is 6.71 Å². The zero-order valence-corrected chi connectivity index (χ0v) is 43.6. The van der Waals surface area contributed by atoms with E-state index in [1.54, 1.807) is 0 Å². The number of hydrogen-bond donors (Lipinski definition) is 0. The lowest BCUT2D eigenvalue weighted by molar-refractivity contribution is 0.332. The number of rotatable bonds is 5. The standard InChI is InChI=1S/C64H73BN2O/c1-16-17-23-51(40(3)41-21-19-18-20-22-41)67-52-37-48-47(62(10,11)29-30-63(48,12)13)36-50(52)65-56-53(32-39(2)33-54(56)67)66(42-24-25-44-45(34-42)60(6,7)27-26-59(44,4)5)57-43-35-46-49(38-55(43)68-58(57)65)64(14,15)31-28-61(46,8)9/h16-25,32-38H,1,26-31H2,2-15H3/b23-17-,51-40-. The average molecular weight is 897 g/mol. The van der Waals surface area contributed by atoms with E-state index >= 15 is 0 Å². The smallest absolute Gasteiger partial charge is 0.297 e. The molecule has 0 bridgehead atoms. The molecule has 3 nitrogen and oxygen atoms in total. The molecule has 5 aliphatic rings. The predicted molar refractivity (Wildman–Crippen MR) is 293 cm³/mol. The zero-order valence-electron chi connectivity index (χ0n) is 43.6. The van der Waals surface area contributed by atoms with E-state index in [-0.39, 0.29) is 39.2 Å². The van der Waals surface area contributed by atoms with Gasteiger partial charge in [0, 0.05) is 33.8 Å². The van der Waals surface area contributed by atoms with Crippen LogP contribution in [0.5, 0.6) is 0 Å². The van der Waals surface area contributed by atoms with Gasteiger partial charge in [-0.3, -0.25) is 0 Å². The van der Waals surface area contributed by atoms with E-state index in [2.05, 4.69) is 210 Å². The minimum absolute atomic E-state index is 0.0137. The highest BCUT2D eigenvalue weighted by Crippen LogP contribution is 2.55. The van der Waals surface area contributed by atoms with E-state index in [0.29, 0.717) is 0 Å². The molecule has 68 heavy (non-hydrogen) atoms. The highest BCUT2D eigenvalue weighted by molar-refractivity contribution is 7.00. The van der Waals surface area contributed by atoms with Crippen molar-refractivity contribution in [3.63, 3.8) is 0 Å². The van der Waals surface area contributed by atoms with Gasteiger partial charge in [-0.1, -0.05) is 144 Å². The van der Waals surface area contributed by atoms with Gasteiger partial charge in [-0.15, -0.1) is 0 Å². The highest BCUT2D eigenvalue weighted by atomic mass is 16.3. The highest BCUT2D eigenvalue weighted by Gasteiger charge is 2.50. The van der Waals surface area contributed by atoms with Crippen LogP contribution in [0.15, 0.2) is 120 Å². The second kappa shape index (κ2) is 14.8. The molecule has 5 aromatic carbocycles. The fraction of sp³-hybridized carbons (Fsp3) is 0.406. The molecule has 0 atom stereocenters.